The van der Waals surface area contributed by atoms with Gasteiger partial charge < -0.3 is 9.73 Å². The number of carbonyl (C=O) groups excluding carboxylic acids is 1. The number of rotatable bonds is 7. The van der Waals surface area contributed by atoms with Gasteiger partial charge >= 0.3 is 0 Å². The van der Waals surface area contributed by atoms with Crippen molar-refractivity contribution in [2.45, 2.75) is 37.7 Å². The van der Waals surface area contributed by atoms with Crippen molar-refractivity contribution in [1.29, 1.82) is 0 Å². The van der Waals surface area contributed by atoms with E-state index in [4.69, 9.17) is 4.42 Å². The first-order valence-electron chi connectivity index (χ1n) is 8.92. The first kappa shape index (κ1) is 19.2. The fourth-order valence-corrected chi connectivity index (χ4v) is 3.50. The van der Waals surface area contributed by atoms with Crippen molar-refractivity contribution in [1.82, 2.24) is 15.5 Å². The number of benzene rings is 2. The van der Waals surface area contributed by atoms with Crippen LogP contribution in [0.3, 0.4) is 0 Å². The number of aromatic nitrogens is 2. The van der Waals surface area contributed by atoms with Crippen LogP contribution in [0.1, 0.15) is 23.6 Å². The van der Waals surface area contributed by atoms with Crippen LogP contribution in [-0.2, 0) is 11.2 Å². The highest BCUT2D eigenvalue weighted by Gasteiger charge is 2.18. The van der Waals surface area contributed by atoms with Crippen LogP contribution < -0.4 is 5.32 Å². The number of aryl methyl sites for hydroxylation is 2. The van der Waals surface area contributed by atoms with Gasteiger partial charge in [0.25, 0.3) is 5.22 Å². The Morgan fingerprint density at radius 1 is 1.11 bits per heavy atom. The molecule has 0 fully saturated rings. The highest BCUT2D eigenvalue weighted by atomic mass is 32.2. The minimum atomic E-state index is -0.312. The van der Waals surface area contributed by atoms with E-state index in [1.165, 1.54) is 17.3 Å². The zero-order valence-corrected chi connectivity index (χ0v) is 16.5. The molecule has 0 unspecified atom stereocenters. The topological polar surface area (TPSA) is 68.0 Å². The molecule has 0 spiro atoms. The van der Waals surface area contributed by atoms with Gasteiger partial charge in [0, 0.05) is 12.1 Å². The van der Waals surface area contributed by atoms with E-state index in [2.05, 4.69) is 33.7 Å². The molecule has 1 aromatic heterocycles. The Kier molecular flexibility index (Phi) is 6.29. The van der Waals surface area contributed by atoms with Crippen LogP contribution in [-0.4, -0.2) is 27.9 Å². The quantitative estimate of drug-likeness (QED) is 0.622. The zero-order chi connectivity index (χ0) is 19.2. The lowest BCUT2D eigenvalue weighted by Crippen LogP contribution is -2.32. The van der Waals surface area contributed by atoms with Crippen molar-refractivity contribution in [3.8, 4) is 11.5 Å². The summed E-state index contributed by atoms with van der Waals surface area (Å²) >= 11 is 1.27. The van der Waals surface area contributed by atoms with Crippen molar-refractivity contribution in [2.24, 2.45) is 0 Å². The van der Waals surface area contributed by atoms with E-state index in [1.807, 2.05) is 51.1 Å². The first-order valence-corrected chi connectivity index (χ1v) is 9.79. The summed E-state index contributed by atoms with van der Waals surface area (Å²) in [7, 11) is 0. The Morgan fingerprint density at radius 3 is 2.52 bits per heavy atom. The lowest BCUT2D eigenvalue weighted by atomic mass is 10.1. The van der Waals surface area contributed by atoms with Gasteiger partial charge in [-0.1, -0.05) is 59.3 Å². The van der Waals surface area contributed by atoms with E-state index in [0.29, 0.717) is 17.7 Å². The SMILES string of the molecule is Cc1cc(C)cc(-c2nnc(S[C@H](C)C(=O)NCCc3ccccc3)o2)c1. The summed E-state index contributed by atoms with van der Waals surface area (Å²) < 4.78 is 5.74. The van der Waals surface area contributed by atoms with Gasteiger partial charge in [0.1, 0.15) is 0 Å². The molecule has 0 saturated heterocycles. The average molecular weight is 382 g/mol. The second-order valence-corrected chi connectivity index (χ2v) is 7.83. The van der Waals surface area contributed by atoms with E-state index < -0.39 is 0 Å². The standard InChI is InChI=1S/C21H23N3O2S/c1-14-11-15(2)13-18(12-14)20-23-24-21(26-20)27-16(3)19(25)22-10-9-17-7-5-4-6-8-17/h4-8,11-13,16H,9-10H2,1-3H3,(H,22,25)/t16-/m1/s1. The van der Waals surface area contributed by atoms with E-state index in [0.717, 1.165) is 23.1 Å². The van der Waals surface area contributed by atoms with E-state index in [-0.39, 0.29) is 11.2 Å². The normalized spacial score (nSPS) is 12.0. The summed E-state index contributed by atoms with van der Waals surface area (Å²) in [6, 6.07) is 16.2. The molecule has 140 valence electrons. The van der Waals surface area contributed by atoms with Crippen LogP contribution >= 0.6 is 11.8 Å². The molecule has 0 aliphatic rings. The second-order valence-electron chi connectivity index (χ2n) is 6.54. The highest BCUT2D eigenvalue weighted by molar-refractivity contribution is 8.00. The number of nitrogens with one attached hydrogen (secondary N) is 1. The molecule has 1 heterocycles. The van der Waals surface area contributed by atoms with Crippen LogP contribution in [0, 0.1) is 13.8 Å². The molecule has 1 atom stereocenters. The zero-order valence-electron chi connectivity index (χ0n) is 15.7. The molecule has 3 rings (SSSR count). The van der Waals surface area contributed by atoms with Crippen LogP contribution in [0.25, 0.3) is 11.5 Å². The van der Waals surface area contributed by atoms with Gasteiger partial charge in [-0.3, -0.25) is 4.79 Å². The number of thioether (sulfide) groups is 1. The van der Waals surface area contributed by atoms with Crippen molar-refractivity contribution in [3.63, 3.8) is 0 Å². The molecule has 3 aromatic rings. The van der Waals surface area contributed by atoms with E-state index in [9.17, 15) is 4.79 Å². The Morgan fingerprint density at radius 2 is 1.81 bits per heavy atom. The Balaban J connectivity index is 1.54. The van der Waals surface area contributed by atoms with Gasteiger partial charge in [0.05, 0.1) is 5.25 Å². The fourth-order valence-electron chi connectivity index (χ4n) is 2.80. The third kappa shape index (κ3) is 5.44. The third-order valence-electron chi connectivity index (χ3n) is 4.08. The maximum absolute atomic E-state index is 12.3. The molecule has 0 radical (unpaired) electrons. The molecular formula is C21H23N3O2S. The monoisotopic (exact) mass is 381 g/mol. The van der Waals surface area contributed by atoms with Gasteiger partial charge in [-0.05, 0) is 44.9 Å². The smallest absolute Gasteiger partial charge is 0.277 e. The lowest BCUT2D eigenvalue weighted by Gasteiger charge is -2.09. The van der Waals surface area contributed by atoms with Crippen LogP contribution in [0.5, 0.6) is 0 Å². The van der Waals surface area contributed by atoms with Gasteiger partial charge in [-0.15, -0.1) is 10.2 Å². The largest absolute Gasteiger partial charge is 0.411 e. The van der Waals surface area contributed by atoms with Crippen LogP contribution in [0.15, 0.2) is 58.2 Å². The minimum Gasteiger partial charge on any atom is -0.411 e. The minimum absolute atomic E-state index is 0.0397. The Bertz CT molecular complexity index is 889. The number of amides is 1. The van der Waals surface area contributed by atoms with Gasteiger partial charge in [-0.25, -0.2) is 0 Å². The van der Waals surface area contributed by atoms with Gasteiger partial charge in [-0.2, -0.15) is 0 Å². The van der Waals surface area contributed by atoms with Crippen molar-refractivity contribution in [3.05, 3.63) is 65.2 Å². The van der Waals surface area contributed by atoms with Crippen molar-refractivity contribution >= 4 is 17.7 Å². The molecular weight excluding hydrogens is 358 g/mol. The third-order valence-corrected chi connectivity index (χ3v) is 5.01. The fraction of sp³-hybridized carbons (Fsp3) is 0.286. The summed E-state index contributed by atoms with van der Waals surface area (Å²) in [6.45, 7) is 6.50. The molecule has 6 heteroatoms. The molecule has 27 heavy (non-hydrogen) atoms. The van der Waals surface area contributed by atoms with E-state index in [1.54, 1.807) is 0 Å². The number of hydrogen-bond donors (Lipinski definition) is 1. The molecule has 0 saturated carbocycles. The van der Waals surface area contributed by atoms with Crippen molar-refractivity contribution < 1.29 is 9.21 Å². The molecule has 0 bridgehead atoms. The van der Waals surface area contributed by atoms with Gasteiger partial charge in [0.15, 0.2) is 0 Å². The maximum atomic E-state index is 12.3. The summed E-state index contributed by atoms with van der Waals surface area (Å²) in [5.41, 5.74) is 4.38. The summed E-state index contributed by atoms with van der Waals surface area (Å²) in [5.74, 6) is 0.433. The second kappa shape index (κ2) is 8.86. The Labute approximate surface area is 163 Å². The number of hydrogen-bond acceptors (Lipinski definition) is 5. The summed E-state index contributed by atoms with van der Waals surface area (Å²) in [4.78, 5) is 12.3. The molecule has 5 nitrogen and oxygen atoms in total. The maximum Gasteiger partial charge on any atom is 0.277 e. The molecule has 0 aliphatic carbocycles. The molecule has 0 aliphatic heterocycles. The van der Waals surface area contributed by atoms with Gasteiger partial charge in [0.2, 0.25) is 11.8 Å². The van der Waals surface area contributed by atoms with Crippen LogP contribution in [0.4, 0.5) is 0 Å². The van der Waals surface area contributed by atoms with E-state index >= 15 is 0 Å². The lowest BCUT2D eigenvalue weighted by molar-refractivity contribution is -0.120. The summed E-state index contributed by atoms with van der Waals surface area (Å²) in [6.07, 6.45) is 0.807. The number of carbonyl (C=O) groups is 1. The molecule has 1 N–H and O–H groups in total. The molecule has 1 amide bonds. The van der Waals surface area contributed by atoms with Crippen molar-refractivity contribution in [2.75, 3.05) is 6.54 Å². The first-order chi connectivity index (χ1) is 13.0. The predicted octanol–water partition coefficient (Wildman–Crippen LogP) is 4.19. The number of nitrogens with zero attached hydrogens (tertiary/aromatic N) is 2. The Hall–Kier alpha value is -2.60. The summed E-state index contributed by atoms with van der Waals surface area (Å²) in [5, 5.41) is 11.2. The highest BCUT2D eigenvalue weighted by Crippen LogP contribution is 2.27. The molecule has 2 aromatic carbocycles. The predicted molar refractivity (Wildman–Crippen MR) is 108 cm³/mol. The average Bonchev–Trinajstić information content (AvgIpc) is 3.10. The van der Waals surface area contributed by atoms with Crippen LogP contribution in [0.2, 0.25) is 0 Å².